The van der Waals surface area contributed by atoms with E-state index in [9.17, 15) is 5.11 Å². The van der Waals surface area contributed by atoms with Gasteiger partial charge in [-0.1, -0.05) is 12.8 Å². The van der Waals surface area contributed by atoms with Gasteiger partial charge in [-0.3, -0.25) is 5.10 Å². The molecular weight excluding hydrogens is 278 g/mol. The molecule has 3 heterocycles. The lowest BCUT2D eigenvalue weighted by Gasteiger charge is -2.17. The number of aromatic amines is 1. The minimum atomic E-state index is -0.196. The molecule has 3 aromatic heterocycles. The maximum atomic E-state index is 10.1. The smallest absolute Gasteiger partial charge is 0.164 e. The van der Waals surface area contributed by atoms with Crippen LogP contribution in [0.5, 0.6) is 0 Å². The SMILES string of the molecule is O[C@@H]1CCCCC(c2ccnc3c2cnn3-c2ccn[nH]2)C1. The van der Waals surface area contributed by atoms with Crippen molar-refractivity contribution in [3.05, 3.63) is 36.3 Å². The second-order valence-electron chi connectivity index (χ2n) is 6.01. The summed E-state index contributed by atoms with van der Waals surface area (Å²) in [7, 11) is 0. The Morgan fingerprint density at radius 3 is 2.95 bits per heavy atom. The fourth-order valence-corrected chi connectivity index (χ4v) is 3.46. The Morgan fingerprint density at radius 1 is 1.18 bits per heavy atom. The van der Waals surface area contributed by atoms with Crippen LogP contribution in [0.25, 0.3) is 16.9 Å². The van der Waals surface area contributed by atoms with E-state index < -0.39 is 0 Å². The molecule has 2 atom stereocenters. The summed E-state index contributed by atoms with van der Waals surface area (Å²) in [4.78, 5) is 4.49. The summed E-state index contributed by atoms with van der Waals surface area (Å²) in [5.74, 6) is 1.18. The number of hydrogen-bond donors (Lipinski definition) is 2. The van der Waals surface area contributed by atoms with Crippen LogP contribution in [0.15, 0.2) is 30.7 Å². The third-order valence-electron chi connectivity index (χ3n) is 4.56. The van der Waals surface area contributed by atoms with E-state index in [0.29, 0.717) is 5.92 Å². The molecule has 1 aliphatic rings. The van der Waals surface area contributed by atoms with Gasteiger partial charge < -0.3 is 5.11 Å². The molecule has 6 nitrogen and oxygen atoms in total. The molecule has 1 fully saturated rings. The molecule has 6 heteroatoms. The van der Waals surface area contributed by atoms with E-state index in [0.717, 1.165) is 42.5 Å². The third kappa shape index (κ3) is 2.29. The molecule has 2 N–H and O–H groups in total. The number of aliphatic hydroxyl groups excluding tert-OH is 1. The van der Waals surface area contributed by atoms with E-state index in [4.69, 9.17) is 0 Å². The van der Waals surface area contributed by atoms with Crippen molar-refractivity contribution in [3.8, 4) is 5.82 Å². The van der Waals surface area contributed by atoms with E-state index in [-0.39, 0.29) is 6.10 Å². The summed E-state index contributed by atoms with van der Waals surface area (Å²) < 4.78 is 1.78. The molecule has 0 bridgehead atoms. The van der Waals surface area contributed by atoms with Crippen LogP contribution in [0.2, 0.25) is 0 Å². The minimum absolute atomic E-state index is 0.196. The molecule has 0 aliphatic heterocycles. The Bertz CT molecular complexity index is 764. The largest absolute Gasteiger partial charge is 0.393 e. The number of nitrogens with one attached hydrogen (secondary N) is 1. The van der Waals surface area contributed by atoms with Crippen LogP contribution in [-0.4, -0.2) is 36.2 Å². The number of pyridine rings is 1. The van der Waals surface area contributed by atoms with E-state index in [1.165, 1.54) is 12.0 Å². The molecule has 22 heavy (non-hydrogen) atoms. The van der Waals surface area contributed by atoms with Crippen molar-refractivity contribution in [2.24, 2.45) is 0 Å². The normalized spacial score (nSPS) is 22.8. The second-order valence-corrected chi connectivity index (χ2v) is 6.01. The predicted octanol–water partition coefficient (Wildman–Crippen LogP) is 2.55. The Labute approximate surface area is 128 Å². The first-order valence-corrected chi connectivity index (χ1v) is 7.83. The highest BCUT2D eigenvalue weighted by Crippen LogP contribution is 2.35. The zero-order valence-electron chi connectivity index (χ0n) is 12.3. The van der Waals surface area contributed by atoms with Crippen LogP contribution in [-0.2, 0) is 0 Å². The molecule has 0 saturated heterocycles. The topological polar surface area (TPSA) is 79.6 Å². The number of hydrogen-bond acceptors (Lipinski definition) is 4. The maximum Gasteiger partial charge on any atom is 0.164 e. The zero-order chi connectivity index (χ0) is 14.9. The lowest BCUT2D eigenvalue weighted by atomic mass is 9.90. The molecule has 0 spiro atoms. The first-order chi connectivity index (χ1) is 10.8. The van der Waals surface area contributed by atoms with Gasteiger partial charge in [-0.15, -0.1) is 0 Å². The first kappa shape index (κ1) is 13.5. The summed E-state index contributed by atoms with van der Waals surface area (Å²) in [6.45, 7) is 0. The molecule has 1 saturated carbocycles. The van der Waals surface area contributed by atoms with Gasteiger partial charge in [0.15, 0.2) is 11.5 Å². The van der Waals surface area contributed by atoms with E-state index in [1.54, 1.807) is 10.9 Å². The van der Waals surface area contributed by atoms with Crippen LogP contribution in [0.4, 0.5) is 0 Å². The first-order valence-electron chi connectivity index (χ1n) is 7.83. The van der Waals surface area contributed by atoms with Gasteiger partial charge >= 0.3 is 0 Å². The molecule has 114 valence electrons. The van der Waals surface area contributed by atoms with Gasteiger partial charge in [0.2, 0.25) is 0 Å². The number of aliphatic hydroxyl groups is 1. The van der Waals surface area contributed by atoms with Gasteiger partial charge in [-0.2, -0.15) is 14.9 Å². The quantitative estimate of drug-likeness (QED) is 0.712. The minimum Gasteiger partial charge on any atom is -0.393 e. The van der Waals surface area contributed by atoms with Gasteiger partial charge in [0.1, 0.15) is 0 Å². The van der Waals surface area contributed by atoms with Crippen molar-refractivity contribution in [3.63, 3.8) is 0 Å². The number of nitrogens with zero attached hydrogens (tertiary/aromatic N) is 4. The summed E-state index contributed by atoms with van der Waals surface area (Å²) in [5.41, 5.74) is 2.08. The van der Waals surface area contributed by atoms with Gasteiger partial charge in [0, 0.05) is 17.6 Å². The van der Waals surface area contributed by atoms with Crippen LogP contribution < -0.4 is 0 Å². The van der Waals surface area contributed by atoms with E-state index in [1.807, 2.05) is 18.5 Å². The summed E-state index contributed by atoms with van der Waals surface area (Å²) >= 11 is 0. The van der Waals surface area contributed by atoms with Crippen LogP contribution in [0.3, 0.4) is 0 Å². The summed E-state index contributed by atoms with van der Waals surface area (Å²) in [5, 5.41) is 22.5. The number of aromatic nitrogens is 5. The second kappa shape index (κ2) is 5.53. The lowest BCUT2D eigenvalue weighted by molar-refractivity contribution is 0.152. The van der Waals surface area contributed by atoms with Gasteiger partial charge in [-0.25, -0.2) is 4.98 Å². The molecule has 0 aromatic carbocycles. The molecule has 0 amide bonds. The highest BCUT2D eigenvalue weighted by molar-refractivity contribution is 5.80. The highest BCUT2D eigenvalue weighted by Gasteiger charge is 2.23. The van der Waals surface area contributed by atoms with Crippen molar-refractivity contribution < 1.29 is 5.11 Å². The van der Waals surface area contributed by atoms with Gasteiger partial charge in [0.25, 0.3) is 0 Å². The van der Waals surface area contributed by atoms with Crippen molar-refractivity contribution in [2.45, 2.75) is 44.1 Å². The molecule has 3 aromatic rings. The summed E-state index contributed by atoms with van der Waals surface area (Å²) in [6, 6.07) is 3.94. The highest BCUT2D eigenvalue weighted by atomic mass is 16.3. The van der Waals surface area contributed by atoms with Crippen LogP contribution >= 0.6 is 0 Å². The van der Waals surface area contributed by atoms with E-state index in [2.05, 4.69) is 26.3 Å². The van der Waals surface area contributed by atoms with Crippen LogP contribution in [0.1, 0.15) is 43.6 Å². The molecule has 4 rings (SSSR count). The van der Waals surface area contributed by atoms with Crippen LogP contribution in [0, 0.1) is 0 Å². The predicted molar refractivity (Wildman–Crippen MR) is 82.8 cm³/mol. The van der Waals surface area contributed by atoms with Gasteiger partial charge in [-0.05, 0) is 36.8 Å². The fourth-order valence-electron chi connectivity index (χ4n) is 3.46. The molecular formula is C16H19N5O. The average Bonchev–Trinajstić information content (AvgIpc) is 3.14. The number of fused-ring (bicyclic) bond motifs is 1. The van der Waals surface area contributed by atoms with Crippen molar-refractivity contribution >= 4 is 11.0 Å². The number of rotatable bonds is 2. The maximum absolute atomic E-state index is 10.1. The molecule has 1 unspecified atom stereocenters. The number of H-pyrrole nitrogens is 1. The molecule has 0 radical (unpaired) electrons. The standard InChI is InChI=1S/C16H19N5O/c22-12-4-2-1-3-11(9-12)13-5-7-17-16-14(13)10-19-21(16)15-6-8-18-20-15/h5-8,10-12,22H,1-4,9H2,(H,18,20)/t11?,12-/m1/s1. The van der Waals surface area contributed by atoms with Crippen molar-refractivity contribution in [1.29, 1.82) is 0 Å². The van der Waals surface area contributed by atoms with E-state index >= 15 is 0 Å². The van der Waals surface area contributed by atoms with Crippen molar-refractivity contribution in [1.82, 2.24) is 25.0 Å². The Balaban J connectivity index is 1.79. The zero-order valence-corrected chi connectivity index (χ0v) is 12.3. The Hall–Kier alpha value is -2.21. The fraction of sp³-hybridized carbons (Fsp3) is 0.438. The van der Waals surface area contributed by atoms with Crippen molar-refractivity contribution in [2.75, 3.05) is 0 Å². The third-order valence-corrected chi connectivity index (χ3v) is 4.56. The molecule has 1 aliphatic carbocycles. The Kier molecular flexibility index (Phi) is 3.38. The Morgan fingerprint density at radius 2 is 2.09 bits per heavy atom. The average molecular weight is 297 g/mol. The summed E-state index contributed by atoms with van der Waals surface area (Å²) in [6.07, 6.45) is 10.4. The monoisotopic (exact) mass is 297 g/mol. The van der Waals surface area contributed by atoms with Gasteiger partial charge in [0.05, 0.1) is 18.5 Å². The lowest BCUT2D eigenvalue weighted by Crippen LogP contribution is -2.09.